The van der Waals surface area contributed by atoms with E-state index >= 15 is 4.39 Å². The molecule has 1 fully saturated rings. The van der Waals surface area contributed by atoms with Gasteiger partial charge >= 0.3 is 18.0 Å². The first-order chi connectivity index (χ1) is 24.1. The van der Waals surface area contributed by atoms with E-state index in [2.05, 4.69) is 15.0 Å². The van der Waals surface area contributed by atoms with Crippen LogP contribution < -0.4 is 15.2 Å². The van der Waals surface area contributed by atoms with Crippen molar-refractivity contribution in [3.63, 3.8) is 0 Å². The summed E-state index contributed by atoms with van der Waals surface area (Å²) in [4.78, 5) is 35.3. The smallest absolute Gasteiger partial charge is 0.312 e. The average molecular weight is 690 g/mol. The maximum atomic E-state index is 16.5. The Morgan fingerprint density at radius 2 is 1.52 bits per heavy atom. The number of ether oxygens (including phenoxy) is 5. The quantitative estimate of drug-likeness (QED) is 0.100. The van der Waals surface area contributed by atoms with E-state index in [1.165, 1.54) is 6.33 Å². The minimum Gasteiger partial charge on any atom is -0.497 e. The van der Waals surface area contributed by atoms with Crippen molar-refractivity contribution in [2.24, 2.45) is 0 Å². The summed E-state index contributed by atoms with van der Waals surface area (Å²) in [5, 5.41) is 9.10. The number of esters is 1. The van der Waals surface area contributed by atoms with Gasteiger partial charge in [-0.05, 0) is 41.0 Å². The monoisotopic (exact) mass is 689 g/mol. The molecule has 260 valence electrons. The minimum absolute atomic E-state index is 0.0130. The lowest BCUT2D eigenvalue weighted by Gasteiger charge is -2.37. The Labute approximate surface area is 284 Å². The molecule has 0 saturated carbocycles. The molecule has 2 aromatic heterocycles. The number of carbonyl (C=O) groups is 2. The van der Waals surface area contributed by atoms with Crippen LogP contribution in [0, 0.1) is 6.08 Å². The number of carbonyl (C=O) groups excluding carboxylic acids is 1. The molecular weight excluding hydrogens is 656 g/mol. The number of carboxylic acids is 1. The fourth-order valence-electron chi connectivity index (χ4n) is 5.99. The van der Waals surface area contributed by atoms with Crippen LogP contribution in [-0.2, 0) is 29.4 Å². The first-order valence-electron chi connectivity index (χ1n) is 15.5. The van der Waals surface area contributed by atoms with E-state index in [-0.39, 0.29) is 23.6 Å². The van der Waals surface area contributed by atoms with Gasteiger partial charge in [0, 0.05) is 0 Å². The van der Waals surface area contributed by atoms with Crippen LogP contribution in [0.25, 0.3) is 11.2 Å². The maximum absolute atomic E-state index is 16.5. The van der Waals surface area contributed by atoms with Gasteiger partial charge in [0.1, 0.15) is 23.2 Å². The Balaban J connectivity index is 1.42. The van der Waals surface area contributed by atoms with Crippen molar-refractivity contribution in [2.75, 3.05) is 26.6 Å². The van der Waals surface area contributed by atoms with Crippen molar-refractivity contribution in [3.05, 3.63) is 108 Å². The molecule has 0 bridgehead atoms. The van der Waals surface area contributed by atoms with Gasteiger partial charge in [0.25, 0.3) is 0 Å². The highest BCUT2D eigenvalue weighted by atomic mass is 19.1. The lowest BCUT2D eigenvalue weighted by atomic mass is 9.80. The number of rotatable bonds is 13. The van der Waals surface area contributed by atoms with E-state index in [4.69, 9.17) is 34.5 Å². The zero-order chi connectivity index (χ0) is 35.4. The van der Waals surface area contributed by atoms with E-state index < -0.39 is 61.1 Å². The maximum Gasteiger partial charge on any atom is 0.312 e. The van der Waals surface area contributed by atoms with Crippen LogP contribution in [0.1, 0.15) is 35.8 Å². The molecule has 0 aliphatic carbocycles. The van der Waals surface area contributed by atoms with Crippen molar-refractivity contribution in [3.8, 4) is 11.5 Å². The Hall–Kier alpha value is -5.67. The predicted octanol–water partition coefficient (Wildman–Crippen LogP) is 4.59. The van der Waals surface area contributed by atoms with Crippen molar-refractivity contribution < 1.29 is 47.2 Å². The summed E-state index contributed by atoms with van der Waals surface area (Å²) in [6.45, 7) is -0.348. The molecule has 0 amide bonds. The summed E-state index contributed by atoms with van der Waals surface area (Å²) in [5.41, 5.74) is 6.43. The Bertz CT molecular complexity index is 1910. The molecule has 13 nitrogen and oxygen atoms in total. The summed E-state index contributed by atoms with van der Waals surface area (Å²) >= 11 is 0. The number of nitrogens with two attached hydrogens (primary N) is 1. The number of imidazole rings is 1. The SMILES string of the molecule is COc1ccc(C(OC[C@H]2O[C@@H](n3cnc4c(N)nc(F)nc43)[C@H](F)[C@@H]2OC(=O)CCC(=O)O)(c2ccccc2)c2ccc(OC)cc2)cc1. The number of methoxy groups -OCH3 is 2. The van der Waals surface area contributed by atoms with Crippen LogP contribution in [0.2, 0.25) is 0 Å². The Morgan fingerprint density at radius 3 is 2.10 bits per heavy atom. The fraction of sp³-hybridized carbons (Fsp3) is 0.286. The number of halogens is 2. The second kappa shape index (κ2) is 14.4. The van der Waals surface area contributed by atoms with Crippen molar-refractivity contribution in [1.29, 1.82) is 0 Å². The molecule has 3 aromatic carbocycles. The number of fused-ring (bicyclic) bond motifs is 1. The van der Waals surface area contributed by atoms with Gasteiger partial charge in [-0.25, -0.2) is 9.37 Å². The number of hydrogen-bond donors (Lipinski definition) is 2. The molecule has 4 atom stereocenters. The van der Waals surface area contributed by atoms with Crippen LogP contribution in [0.5, 0.6) is 11.5 Å². The summed E-state index contributed by atoms with van der Waals surface area (Å²) in [6, 6.07) is 23.8. The number of carboxylic acid groups (broad SMARTS) is 1. The summed E-state index contributed by atoms with van der Waals surface area (Å²) in [6.07, 6.45) is -7.44. The van der Waals surface area contributed by atoms with Crippen LogP contribution in [0.15, 0.2) is 85.2 Å². The number of aromatic nitrogens is 4. The third kappa shape index (κ3) is 6.64. The first-order valence-corrected chi connectivity index (χ1v) is 15.5. The Morgan fingerprint density at radius 1 is 0.920 bits per heavy atom. The van der Waals surface area contributed by atoms with Gasteiger partial charge < -0.3 is 34.5 Å². The summed E-state index contributed by atoms with van der Waals surface area (Å²) in [7, 11) is 3.10. The third-order valence-electron chi connectivity index (χ3n) is 8.41. The second-order valence-corrected chi connectivity index (χ2v) is 11.4. The van der Waals surface area contributed by atoms with Crippen LogP contribution in [-0.4, -0.2) is 75.8 Å². The highest BCUT2D eigenvalue weighted by Gasteiger charge is 2.51. The number of hydrogen-bond acceptors (Lipinski definition) is 11. The molecule has 1 aliphatic heterocycles. The molecule has 0 spiro atoms. The normalized spacial score (nSPS) is 19.0. The van der Waals surface area contributed by atoms with E-state index in [9.17, 15) is 14.0 Å². The van der Waals surface area contributed by atoms with E-state index in [0.29, 0.717) is 28.2 Å². The van der Waals surface area contributed by atoms with Crippen LogP contribution in [0.4, 0.5) is 14.6 Å². The molecule has 0 radical (unpaired) electrons. The van der Waals surface area contributed by atoms with E-state index in [1.54, 1.807) is 38.5 Å². The Kier molecular flexibility index (Phi) is 9.88. The highest BCUT2D eigenvalue weighted by molar-refractivity contribution is 5.81. The fourth-order valence-corrected chi connectivity index (χ4v) is 5.99. The molecule has 50 heavy (non-hydrogen) atoms. The topological polar surface area (TPSA) is 170 Å². The zero-order valence-electron chi connectivity index (χ0n) is 26.9. The van der Waals surface area contributed by atoms with Crippen molar-refractivity contribution in [1.82, 2.24) is 19.5 Å². The van der Waals surface area contributed by atoms with Gasteiger partial charge in [-0.3, -0.25) is 14.2 Å². The number of nitrogen functional groups attached to an aromatic ring is 1. The van der Waals surface area contributed by atoms with Gasteiger partial charge in [-0.2, -0.15) is 14.4 Å². The molecule has 1 aliphatic rings. The number of nitrogens with zero attached hydrogens (tertiary/aromatic N) is 4. The van der Waals surface area contributed by atoms with E-state index in [0.717, 1.165) is 4.57 Å². The van der Waals surface area contributed by atoms with Crippen LogP contribution >= 0.6 is 0 Å². The summed E-state index contributed by atoms with van der Waals surface area (Å²) < 4.78 is 61.2. The summed E-state index contributed by atoms with van der Waals surface area (Å²) in [5.74, 6) is -1.23. The van der Waals surface area contributed by atoms with Crippen LogP contribution in [0.3, 0.4) is 0 Å². The van der Waals surface area contributed by atoms with Crippen molar-refractivity contribution >= 4 is 28.9 Å². The zero-order valence-corrected chi connectivity index (χ0v) is 26.9. The predicted molar refractivity (Wildman–Crippen MR) is 174 cm³/mol. The van der Waals surface area contributed by atoms with Gasteiger partial charge in [-0.1, -0.05) is 54.6 Å². The van der Waals surface area contributed by atoms with Gasteiger partial charge in [0.05, 0.1) is 40.0 Å². The molecule has 3 N–H and O–H groups in total. The highest BCUT2D eigenvalue weighted by Crippen LogP contribution is 2.44. The minimum atomic E-state index is -2.05. The number of aliphatic carboxylic acids is 1. The van der Waals surface area contributed by atoms with Gasteiger partial charge in [0.2, 0.25) is 0 Å². The lowest BCUT2D eigenvalue weighted by molar-refractivity contribution is -0.159. The molecule has 6 rings (SSSR count). The number of benzene rings is 3. The molecule has 5 aromatic rings. The first kappa shape index (κ1) is 34.2. The standard InChI is InChI=1S/C35H33F2N5O8/c1-46-23-12-8-21(9-13-23)35(20-6-4-3-5-7-20,22-10-14-24(47-2)15-11-22)48-18-25-30(50-27(45)17-16-26(43)44)28(36)33(49-25)42-19-39-29-31(38)40-34(37)41-32(29)42/h3-15,19,25,28,30,33H,16-18H2,1-2H3,(H,43,44)(H2,38,40,41)/t25-,28-,30-,33-/m1/s1. The third-order valence-corrected chi connectivity index (χ3v) is 8.41. The lowest BCUT2D eigenvalue weighted by Crippen LogP contribution is -2.41. The number of anilines is 1. The molecule has 3 heterocycles. The van der Waals surface area contributed by atoms with E-state index in [1.807, 2.05) is 54.6 Å². The molecule has 0 unspecified atom stereocenters. The average Bonchev–Trinajstić information content (AvgIpc) is 3.68. The van der Waals surface area contributed by atoms with Gasteiger partial charge in [0.15, 0.2) is 35.5 Å². The molecular formula is C35H33F2N5O8. The second-order valence-electron chi connectivity index (χ2n) is 11.4. The molecule has 1 saturated heterocycles. The van der Waals surface area contributed by atoms with Gasteiger partial charge in [-0.15, -0.1) is 0 Å². The number of alkyl halides is 1. The molecule has 15 heteroatoms. The largest absolute Gasteiger partial charge is 0.497 e. The van der Waals surface area contributed by atoms with Crippen molar-refractivity contribution in [2.45, 2.75) is 43.1 Å².